The summed E-state index contributed by atoms with van der Waals surface area (Å²) in [5.41, 5.74) is 9.34. The number of aliphatic hydroxyl groups is 2. The van der Waals surface area contributed by atoms with Gasteiger partial charge in [0, 0.05) is 36.8 Å². The van der Waals surface area contributed by atoms with Gasteiger partial charge in [-0.25, -0.2) is 0 Å². The van der Waals surface area contributed by atoms with Crippen molar-refractivity contribution in [2.45, 2.75) is 50.4 Å². The molecule has 3 fully saturated rings. The van der Waals surface area contributed by atoms with Crippen LogP contribution in [0, 0.1) is 17.8 Å². The van der Waals surface area contributed by atoms with Crippen LogP contribution in [-0.2, 0) is 11.3 Å². The Labute approximate surface area is 200 Å². The van der Waals surface area contributed by atoms with Gasteiger partial charge < -0.3 is 26.2 Å². The predicted molar refractivity (Wildman–Crippen MR) is 129 cm³/mol. The molecule has 2 aromatic carbocycles. The Morgan fingerprint density at radius 1 is 1.00 bits per heavy atom. The van der Waals surface area contributed by atoms with Gasteiger partial charge in [0.2, 0.25) is 5.91 Å². The van der Waals surface area contributed by atoms with Crippen molar-refractivity contribution in [1.29, 1.82) is 0 Å². The number of nitrogens with two attached hydrogens (primary N) is 1. The van der Waals surface area contributed by atoms with Crippen molar-refractivity contribution in [3.63, 3.8) is 0 Å². The number of fused-ring (bicyclic) bond motifs is 2. The molecule has 2 saturated carbocycles. The number of amides is 2. The van der Waals surface area contributed by atoms with Crippen LogP contribution in [0.5, 0.6) is 0 Å². The van der Waals surface area contributed by atoms with Gasteiger partial charge in [-0.15, -0.1) is 0 Å². The lowest BCUT2D eigenvalue weighted by Crippen LogP contribution is -2.41. The number of anilines is 1. The van der Waals surface area contributed by atoms with Crippen LogP contribution >= 0.6 is 0 Å². The lowest BCUT2D eigenvalue weighted by molar-refractivity contribution is -0.125. The third-order valence-electron chi connectivity index (χ3n) is 8.07. The highest BCUT2D eigenvalue weighted by Crippen LogP contribution is 2.49. The topological polar surface area (TPSA) is 116 Å². The quantitative estimate of drug-likeness (QED) is 0.544. The molecule has 0 radical (unpaired) electrons. The zero-order chi connectivity index (χ0) is 23.8. The van der Waals surface area contributed by atoms with Crippen molar-refractivity contribution in [3.05, 3.63) is 65.2 Å². The number of hydrogen-bond donors (Lipinski definition) is 4. The standard InChI is InChI=1S/C27H33N3O4/c28-15-16-3-1-4-18(11-16)17-7-9-30(10-8-17)27(34)19-5-2-6-21(12-19)29-26(33)23-14-20-13-22(23)25(32)24(20)31/h1-6,11-12,17,20,22-25,31-32H,7-10,13-15,28H2,(H,29,33)/t20-,22+,23+,24+,25-/m0/s1. The minimum Gasteiger partial charge on any atom is -0.390 e. The fourth-order valence-electron chi connectivity index (χ4n) is 6.14. The summed E-state index contributed by atoms with van der Waals surface area (Å²) in [7, 11) is 0. The molecule has 7 heteroatoms. The summed E-state index contributed by atoms with van der Waals surface area (Å²) in [6, 6.07) is 15.5. The normalized spacial score (nSPS) is 28.8. The average Bonchev–Trinajstić information content (AvgIpc) is 3.43. The van der Waals surface area contributed by atoms with Gasteiger partial charge in [0.1, 0.15) is 0 Å². The second-order valence-corrected chi connectivity index (χ2v) is 10.1. The minimum absolute atomic E-state index is 0.00984. The highest BCUT2D eigenvalue weighted by Gasteiger charge is 2.53. The number of rotatable bonds is 5. The van der Waals surface area contributed by atoms with Gasteiger partial charge in [-0.05, 0) is 72.8 Å². The fraction of sp³-hybridized carbons (Fsp3) is 0.481. The van der Waals surface area contributed by atoms with Crippen LogP contribution in [0.4, 0.5) is 5.69 Å². The van der Waals surface area contributed by atoms with Crippen LogP contribution in [0.1, 0.15) is 53.1 Å². The van der Waals surface area contributed by atoms with Gasteiger partial charge in [-0.2, -0.15) is 0 Å². The second-order valence-electron chi connectivity index (χ2n) is 10.1. The van der Waals surface area contributed by atoms with Crippen molar-refractivity contribution >= 4 is 17.5 Å². The summed E-state index contributed by atoms with van der Waals surface area (Å²) in [6.07, 6.45) is 1.55. The molecule has 1 heterocycles. The van der Waals surface area contributed by atoms with Crippen molar-refractivity contribution in [1.82, 2.24) is 4.90 Å². The lowest BCUT2D eigenvalue weighted by atomic mass is 9.84. The Hall–Kier alpha value is -2.74. The number of aliphatic hydroxyl groups excluding tert-OH is 2. The molecule has 34 heavy (non-hydrogen) atoms. The van der Waals surface area contributed by atoms with Gasteiger partial charge in [0.05, 0.1) is 12.2 Å². The molecular weight excluding hydrogens is 430 g/mol. The second kappa shape index (κ2) is 9.49. The third-order valence-corrected chi connectivity index (χ3v) is 8.07. The molecule has 5 rings (SSSR count). The van der Waals surface area contributed by atoms with Gasteiger partial charge >= 0.3 is 0 Å². The van der Waals surface area contributed by atoms with Crippen molar-refractivity contribution in [3.8, 4) is 0 Å². The molecule has 0 aromatic heterocycles. The molecule has 2 aliphatic carbocycles. The van der Waals surface area contributed by atoms with E-state index in [2.05, 4.69) is 17.4 Å². The maximum atomic E-state index is 13.2. The van der Waals surface area contributed by atoms with E-state index in [-0.39, 0.29) is 29.6 Å². The first kappa shape index (κ1) is 23.0. The Bertz CT molecular complexity index is 1060. The Morgan fingerprint density at radius 3 is 2.47 bits per heavy atom. The van der Waals surface area contributed by atoms with E-state index in [0.29, 0.717) is 49.6 Å². The minimum atomic E-state index is -0.830. The lowest BCUT2D eigenvalue weighted by Gasteiger charge is -2.32. The predicted octanol–water partition coefficient (Wildman–Crippen LogP) is 2.48. The molecule has 1 saturated heterocycles. The molecular formula is C27H33N3O4. The van der Waals surface area contributed by atoms with E-state index in [4.69, 9.17) is 5.73 Å². The molecule has 5 N–H and O–H groups in total. The summed E-state index contributed by atoms with van der Waals surface area (Å²) >= 11 is 0. The van der Waals surface area contributed by atoms with Gasteiger partial charge in [-0.3, -0.25) is 9.59 Å². The van der Waals surface area contributed by atoms with Crippen LogP contribution in [0.3, 0.4) is 0 Å². The van der Waals surface area contributed by atoms with E-state index in [0.717, 1.165) is 18.4 Å². The number of piperidine rings is 1. The van der Waals surface area contributed by atoms with E-state index in [1.807, 2.05) is 17.0 Å². The molecule has 2 amide bonds. The van der Waals surface area contributed by atoms with Crippen molar-refractivity contribution in [2.24, 2.45) is 23.5 Å². The molecule has 7 nitrogen and oxygen atoms in total. The van der Waals surface area contributed by atoms with E-state index in [1.54, 1.807) is 24.3 Å². The first-order chi connectivity index (χ1) is 16.4. The van der Waals surface area contributed by atoms with Crippen LogP contribution in [0.2, 0.25) is 0 Å². The third kappa shape index (κ3) is 4.35. The molecule has 2 bridgehead atoms. The van der Waals surface area contributed by atoms with Crippen LogP contribution < -0.4 is 11.1 Å². The van der Waals surface area contributed by atoms with E-state index >= 15 is 0 Å². The first-order valence-corrected chi connectivity index (χ1v) is 12.3. The number of nitrogens with one attached hydrogen (secondary N) is 1. The van der Waals surface area contributed by atoms with E-state index in [9.17, 15) is 19.8 Å². The Balaban J connectivity index is 1.19. The van der Waals surface area contributed by atoms with E-state index in [1.165, 1.54) is 5.56 Å². The number of carbonyl (C=O) groups excluding carboxylic acids is 2. The highest BCUT2D eigenvalue weighted by atomic mass is 16.3. The monoisotopic (exact) mass is 463 g/mol. The summed E-state index contributed by atoms with van der Waals surface area (Å²) in [4.78, 5) is 27.9. The number of hydrogen-bond acceptors (Lipinski definition) is 5. The maximum absolute atomic E-state index is 13.2. The first-order valence-electron chi connectivity index (χ1n) is 12.3. The maximum Gasteiger partial charge on any atom is 0.253 e. The number of carbonyl (C=O) groups is 2. The summed E-state index contributed by atoms with van der Waals surface area (Å²) in [5.74, 6) is -0.260. The fourth-order valence-corrected chi connectivity index (χ4v) is 6.14. The van der Waals surface area contributed by atoms with E-state index < -0.39 is 12.2 Å². The molecule has 3 aliphatic rings. The molecule has 0 unspecified atom stereocenters. The van der Waals surface area contributed by atoms with Crippen LogP contribution in [0.25, 0.3) is 0 Å². The van der Waals surface area contributed by atoms with Crippen molar-refractivity contribution in [2.75, 3.05) is 18.4 Å². The van der Waals surface area contributed by atoms with Crippen molar-refractivity contribution < 1.29 is 19.8 Å². The van der Waals surface area contributed by atoms with Crippen LogP contribution in [0.15, 0.2) is 48.5 Å². The van der Waals surface area contributed by atoms with Crippen LogP contribution in [-0.4, -0.2) is 52.2 Å². The summed E-state index contributed by atoms with van der Waals surface area (Å²) in [5, 5.41) is 23.1. The number of likely N-dealkylation sites (tertiary alicyclic amines) is 1. The highest BCUT2D eigenvalue weighted by molar-refractivity contribution is 5.98. The van der Waals surface area contributed by atoms with Gasteiger partial charge in [-0.1, -0.05) is 30.3 Å². The molecule has 1 aliphatic heterocycles. The smallest absolute Gasteiger partial charge is 0.253 e. The SMILES string of the molecule is NCc1cccc(C2CCN(C(=O)c3cccc(NC(=O)[C@@H]4C[C@@H]5C[C@H]4[C@H](O)[C@@H]5O)c3)CC2)c1. The zero-order valence-electron chi connectivity index (χ0n) is 19.3. The Morgan fingerprint density at radius 2 is 1.76 bits per heavy atom. The largest absolute Gasteiger partial charge is 0.390 e. The molecule has 0 spiro atoms. The van der Waals surface area contributed by atoms with Gasteiger partial charge in [0.15, 0.2) is 0 Å². The number of benzene rings is 2. The summed E-state index contributed by atoms with van der Waals surface area (Å²) in [6.45, 7) is 1.92. The summed E-state index contributed by atoms with van der Waals surface area (Å²) < 4.78 is 0. The average molecular weight is 464 g/mol. The zero-order valence-corrected chi connectivity index (χ0v) is 19.3. The molecule has 2 aromatic rings. The molecule has 5 atom stereocenters. The van der Waals surface area contributed by atoms with Gasteiger partial charge in [0.25, 0.3) is 5.91 Å². The number of nitrogens with zero attached hydrogens (tertiary/aromatic N) is 1. The Kier molecular flexibility index (Phi) is 6.42. The molecule has 180 valence electrons.